The van der Waals surface area contributed by atoms with Crippen LogP contribution in [0.25, 0.3) is 39.3 Å². The van der Waals surface area contributed by atoms with Crippen LogP contribution in [0, 0.1) is 0 Å². The van der Waals surface area contributed by atoms with Crippen molar-refractivity contribution >= 4 is 23.2 Å². The number of nitrogens with zero attached hydrogens (tertiary/aromatic N) is 3. The summed E-state index contributed by atoms with van der Waals surface area (Å²) in [6.45, 7) is 0. The van der Waals surface area contributed by atoms with Crippen LogP contribution in [-0.2, 0) is 0 Å². The average Bonchev–Trinajstić information content (AvgIpc) is 3.24. The van der Waals surface area contributed by atoms with Gasteiger partial charge in [0.25, 0.3) is 0 Å². The van der Waals surface area contributed by atoms with Gasteiger partial charge in [0.2, 0.25) is 0 Å². The Morgan fingerprint density at radius 2 is 1.45 bits per heavy atom. The monoisotopic (exact) mass is 425 g/mol. The summed E-state index contributed by atoms with van der Waals surface area (Å²) in [6, 6.07) is 29.0. The van der Waals surface area contributed by atoms with E-state index >= 15 is 0 Å². The Morgan fingerprint density at radius 3 is 2.16 bits per heavy atom. The van der Waals surface area contributed by atoms with Crippen LogP contribution >= 0.6 is 11.6 Å². The Balaban J connectivity index is 1.68. The van der Waals surface area contributed by atoms with Crippen LogP contribution in [0.5, 0.6) is 0 Å². The summed E-state index contributed by atoms with van der Waals surface area (Å²) in [5.74, 6) is -1.10. The van der Waals surface area contributed by atoms with Crippen molar-refractivity contribution in [1.82, 2.24) is 14.6 Å². The van der Waals surface area contributed by atoms with Gasteiger partial charge in [-0.05, 0) is 29.3 Å². The number of halogens is 1. The van der Waals surface area contributed by atoms with E-state index in [-0.39, 0.29) is 5.69 Å². The van der Waals surface area contributed by atoms with Crippen LogP contribution in [-0.4, -0.2) is 25.7 Å². The van der Waals surface area contributed by atoms with E-state index in [4.69, 9.17) is 11.6 Å². The van der Waals surface area contributed by atoms with Gasteiger partial charge < -0.3 is 5.11 Å². The van der Waals surface area contributed by atoms with Gasteiger partial charge in [0.15, 0.2) is 11.3 Å². The number of hydrogen-bond donors (Lipinski definition) is 1. The molecule has 0 amide bonds. The van der Waals surface area contributed by atoms with Crippen LogP contribution in [0.4, 0.5) is 0 Å². The predicted octanol–water partition coefficient (Wildman–Crippen LogP) is 6.08. The zero-order valence-corrected chi connectivity index (χ0v) is 17.0. The number of benzene rings is 3. The first-order valence-corrected chi connectivity index (χ1v) is 10.0. The lowest BCUT2D eigenvalue weighted by Gasteiger charge is -2.10. The van der Waals surface area contributed by atoms with E-state index in [9.17, 15) is 9.90 Å². The molecule has 0 unspecified atom stereocenters. The molecule has 5 rings (SSSR count). The van der Waals surface area contributed by atoms with Crippen molar-refractivity contribution < 1.29 is 9.90 Å². The molecule has 2 aromatic heterocycles. The highest BCUT2D eigenvalue weighted by Gasteiger charge is 2.16. The zero-order valence-electron chi connectivity index (χ0n) is 16.2. The summed E-state index contributed by atoms with van der Waals surface area (Å²) in [4.78, 5) is 16.1. The van der Waals surface area contributed by atoms with Crippen LogP contribution in [0.15, 0.2) is 91.0 Å². The maximum atomic E-state index is 11.5. The minimum atomic E-state index is -1.10. The number of carboxylic acid groups (broad SMARTS) is 1. The maximum absolute atomic E-state index is 11.5. The Hall–Kier alpha value is -3.96. The molecule has 0 saturated carbocycles. The first-order chi connectivity index (χ1) is 15.1. The van der Waals surface area contributed by atoms with Gasteiger partial charge in [0.1, 0.15) is 0 Å². The molecular weight excluding hydrogens is 410 g/mol. The van der Waals surface area contributed by atoms with Crippen LogP contribution in [0.1, 0.15) is 10.5 Å². The number of fused-ring (bicyclic) bond motifs is 1. The predicted molar refractivity (Wildman–Crippen MR) is 121 cm³/mol. The highest BCUT2D eigenvalue weighted by Crippen LogP contribution is 2.29. The normalized spacial score (nSPS) is 11.0. The maximum Gasteiger partial charge on any atom is 0.356 e. The lowest BCUT2D eigenvalue weighted by Crippen LogP contribution is -2.01. The molecule has 0 aliphatic heterocycles. The molecule has 1 N–H and O–H groups in total. The smallest absolute Gasteiger partial charge is 0.356 e. The quantitative estimate of drug-likeness (QED) is 0.378. The van der Waals surface area contributed by atoms with Crippen molar-refractivity contribution in [3.63, 3.8) is 0 Å². The molecule has 0 aliphatic rings. The van der Waals surface area contributed by atoms with Gasteiger partial charge in [0, 0.05) is 22.2 Å². The van der Waals surface area contributed by atoms with E-state index in [0.717, 1.165) is 27.9 Å². The fourth-order valence-electron chi connectivity index (χ4n) is 3.54. The fourth-order valence-corrected chi connectivity index (χ4v) is 3.73. The molecule has 5 nitrogen and oxygen atoms in total. The minimum Gasteiger partial charge on any atom is -0.476 e. The first kappa shape index (κ1) is 19.0. The Morgan fingerprint density at radius 1 is 0.774 bits per heavy atom. The summed E-state index contributed by atoms with van der Waals surface area (Å²) in [7, 11) is 0. The van der Waals surface area contributed by atoms with E-state index in [0.29, 0.717) is 16.4 Å². The van der Waals surface area contributed by atoms with Crippen LogP contribution < -0.4 is 0 Å². The van der Waals surface area contributed by atoms with Crippen molar-refractivity contribution in [3.8, 4) is 33.6 Å². The van der Waals surface area contributed by atoms with Crippen molar-refractivity contribution in [2.45, 2.75) is 0 Å². The molecule has 0 atom stereocenters. The molecule has 5 aromatic rings. The number of hydrogen-bond acceptors (Lipinski definition) is 3. The molecule has 150 valence electrons. The van der Waals surface area contributed by atoms with Gasteiger partial charge in [-0.25, -0.2) is 14.3 Å². The number of aromatic carboxylic acids is 1. The molecule has 0 spiro atoms. The number of rotatable bonds is 4. The van der Waals surface area contributed by atoms with Gasteiger partial charge in [-0.15, -0.1) is 0 Å². The number of carboxylic acids is 1. The van der Waals surface area contributed by atoms with Gasteiger partial charge >= 0.3 is 5.97 Å². The van der Waals surface area contributed by atoms with Gasteiger partial charge in [-0.2, -0.15) is 5.10 Å². The van der Waals surface area contributed by atoms with Crippen molar-refractivity contribution in [2.75, 3.05) is 0 Å². The Labute approximate surface area is 183 Å². The van der Waals surface area contributed by atoms with Crippen LogP contribution in [0.3, 0.4) is 0 Å². The lowest BCUT2D eigenvalue weighted by molar-refractivity contribution is 0.0690. The Bertz CT molecular complexity index is 1410. The highest BCUT2D eigenvalue weighted by molar-refractivity contribution is 6.30. The number of aromatic nitrogens is 3. The van der Waals surface area contributed by atoms with Gasteiger partial charge in [-0.1, -0.05) is 78.3 Å². The third-order valence-corrected chi connectivity index (χ3v) is 5.29. The van der Waals surface area contributed by atoms with Gasteiger partial charge in [0.05, 0.1) is 11.4 Å². The second kappa shape index (κ2) is 7.70. The van der Waals surface area contributed by atoms with E-state index in [1.807, 2.05) is 66.7 Å². The van der Waals surface area contributed by atoms with Crippen molar-refractivity contribution in [1.29, 1.82) is 0 Å². The molecular formula is C25H16ClN3O2. The van der Waals surface area contributed by atoms with E-state index in [1.165, 1.54) is 6.07 Å². The molecule has 0 bridgehead atoms. The summed E-state index contributed by atoms with van der Waals surface area (Å²) < 4.78 is 1.56. The average molecular weight is 426 g/mol. The second-order valence-electron chi connectivity index (χ2n) is 7.09. The van der Waals surface area contributed by atoms with Crippen molar-refractivity contribution in [3.05, 3.63) is 102 Å². The summed E-state index contributed by atoms with van der Waals surface area (Å²) in [5.41, 5.74) is 5.79. The standard InChI is InChI=1S/C25H16ClN3O2/c26-20-8-4-7-19(13-20)21-14-23(29-24(27-21)15-22(28-29)25(30)31)18-11-9-17(10-12-18)16-5-2-1-3-6-16/h1-15H,(H,30,31). The molecule has 6 heteroatoms. The van der Waals surface area contributed by atoms with E-state index < -0.39 is 5.97 Å². The van der Waals surface area contributed by atoms with E-state index in [1.54, 1.807) is 10.6 Å². The van der Waals surface area contributed by atoms with Crippen LogP contribution in [0.2, 0.25) is 5.02 Å². The summed E-state index contributed by atoms with van der Waals surface area (Å²) in [6.07, 6.45) is 0. The molecule has 31 heavy (non-hydrogen) atoms. The lowest BCUT2D eigenvalue weighted by atomic mass is 10.0. The molecule has 2 heterocycles. The Kier molecular flexibility index (Phi) is 4.73. The van der Waals surface area contributed by atoms with Crippen molar-refractivity contribution in [2.24, 2.45) is 0 Å². The minimum absolute atomic E-state index is 0.0575. The molecule has 0 saturated heterocycles. The molecule has 0 fully saturated rings. The molecule has 3 aromatic carbocycles. The number of carbonyl (C=O) groups is 1. The summed E-state index contributed by atoms with van der Waals surface area (Å²) in [5, 5.41) is 14.3. The topological polar surface area (TPSA) is 67.5 Å². The molecule has 0 aliphatic carbocycles. The SMILES string of the molecule is O=C(O)c1cc2nc(-c3cccc(Cl)c3)cc(-c3ccc(-c4ccccc4)cc3)n2n1. The first-order valence-electron chi connectivity index (χ1n) is 9.64. The molecule has 0 radical (unpaired) electrons. The fraction of sp³-hybridized carbons (Fsp3) is 0. The largest absolute Gasteiger partial charge is 0.476 e. The van der Waals surface area contributed by atoms with Gasteiger partial charge in [-0.3, -0.25) is 0 Å². The zero-order chi connectivity index (χ0) is 21.4. The highest BCUT2D eigenvalue weighted by atomic mass is 35.5. The van der Waals surface area contributed by atoms with E-state index in [2.05, 4.69) is 22.2 Å². The third kappa shape index (κ3) is 3.67. The summed E-state index contributed by atoms with van der Waals surface area (Å²) >= 11 is 6.17. The third-order valence-electron chi connectivity index (χ3n) is 5.05. The second-order valence-corrected chi connectivity index (χ2v) is 7.52.